The Morgan fingerprint density at radius 3 is 2.58 bits per heavy atom. The zero-order valence-corrected chi connectivity index (χ0v) is 14.6. The SMILES string of the molecule is CCOC(=O)C1=NO[C@@H](C[C@H](NC(=O)OC(C)(C)C)C(=O)OC)C1. The number of carbonyl (C=O) groups is 3. The maximum absolute atomic E-state index is 11.8. The van der Waals surface area contributed by atoms with Crippen LogP contribution < -0.4 is 5.32 Å². The minimum atomic E-state index is -0.980. The predicted octanol–water partition coefficient (Wildman–Crippen LogP) is 1.15. The minimum absolute atomic E-state index is 0.0817. The zero-order valence-electron chi connectivity index (χ0n) is 14.6. The maximum Gasteiger partial charge on any atom is 0.408 e. The molecule has 9 heteroatoms. The summed E-state index contributed by atoms with van der Waals surface area (Å²) in [7, 11) is 1.21. The number of hydrogen-bond acceptors (Lipinski definition) is 8. The second kappa shape index (κ2) is 8.51. The molecule has 0 bridgehead atoms. The molecular formula is C15H24N2O7. The Balaban J connectivity index is 2.61. The van der Waals surface area contributed by atoms with E-state index in [9.17, 15) is 14.4 Å². The van der Waals surface area contributed by atoms with Gasteiger partial charge in [0.25, 0.3) is 0 Å². The fourth-order valence-electron chi connectivity index (χ4n) is 1.96. The van der Waals surface area contributed by atoms with Crippen LogP contribution in [-0.2, 0) is 28.6 Å². The van der Waals surface area contributed by atoms with E-state index in [-0.39, 0.29) is 25.2 Å². The zero-order chi connectivity index (χ0) is 18.3. The Morgan fingerprint density at radius 1 is 1.38 bits per heavy atom. The van der Waals surface area contributed by atoms with Crippen molar-refractivity contribution in [1.82, 2.24) is 5.32 Å². The molecule has 0 unspecified atom stereocenters. The number of oxime groups is 1. The standard InChI is InChI=1S/C15H24N2O7/c1-6-22-13(19)11-8-9(24-17-11)7-10(12(18)21-5)16-14(20)23-15(2,3)4/h9-10H,6-8H2,1-5H3,(H,16,20)/t9-,10-/m0/s1. The van der Waals surface area contributed by atoms with Gasteiger partial charge in [0.1, 0.15) is 17.7 Å². The predicted molar refractivity (Wildman–Crippen MR) is 83.3 cm³/mol. The summed E-state index contributed by atoms with van der Waals surface area (Å²) in [4.78, 5) is 40.4. The first-order valence-corrected chi connectivity index (χ1v) is 7.63. The molecule has 0 aromatic heterocycles. The van der Waals surface area contributed by atoms with Gasteiger partial charge < -0.3 is 24.4 Å². The second-order valence-electron chi connectivity index (χ2n) is 6.15. The minimum Gasteiger partial charge on any atom is -0.467 e. The average molecular weight is 344 g/mol. The molecule has 2 atom stereocenters. The molecule has 24 heavy (non-hydrogen) atoms. The van der Waals surface area contributed by atoms with Crippen LogP contribution in [-0.4, -0.2) is 55.2 Å². The van der Waals surface area contributed by atoms with Crippen LogP contribution in [0.4, 0.5) is 4.79 Å². The van der Waals surface area contributed by atoms with Gasteiger partial charge in [0.2, 0.25) is 0 Å². The molecule has 9 nitrogen and oxygen atoms in total. The van der Waals surface area contributed by atoms with Crippen LogP contribution in [0.3, 0.4) is 0 Å². The highest BCUT2D eigenvalue weighted by atomic mass is 16.6. The molecule has 0 saturated carbocycles. The summed E-state index contributed by atoms with van der Waals surface area (Å²) in [6.45, 7) is 7.04. The second-order valence-corrected chi connectivity index (χ2v) is 6.15. The summed E-state index contributed by atoms with van der Waals surface area (Å²) in [5.74, 6) is -1.20. The fourth-order valence-corrected chi connectivity index (χ4v) is 1.96. The van der Waals surface area contributed by atoms with Crippen molar-refractivity contribution < 1.29 is 33.4 Å². The Hall–Kier alpha value is -2.32. The van der Waals surface area contributed by atoms with E-state index in [1.165, 1.54) is 7.11 Å². The molecule has 0 saturated heterocycles. The number of methoxy groups -OCH3 is 1. The Morgan fingerprint density at radius 2 is 2.04 bits per heavy atom. The molecule has 1 aliphatic rings. The van der Waals surface area contributed by atoms with Crippen molar-refractivity contribution in [3.05, 3.63) is 0 Å². The lowest BCUT2D eigenvalue weighted by atomic mass is 10.0. The number of esters is 2. The van der Waals surface area contributed by atoms with Gasteiger partial charge in [-0.1, -0.05) is 5.16 Å². The van der Waals surface area contributed by atoms with Gasteiger partial charge in [-0.25, -0.2) is 14.4 Å². The third kappa shape index (κ3) is 6.43. The lowest BCUT2D eigenvalue weighted by molar-refractivity contribution is -0.144. The number of nitrogens with one attached hydrogen (secondary N) is 1. The maximum atomic E-state index is 11.8. The van der Waals surface area contributed by atoms with Gasteiger partial charge in [0, 0.05) is 12.8 Å². The molecular weight excluding hydrogens is 320 g/mol. The van der Waals surface area contributed by atoms with Gasteiger partial charge in [-0.15, -0.1) is 0 Å². The van der Waals surface area contributed by atoms with E-state index in [1.807, 2.05) is 0 Å². The van der Waals surface area contributed by atoms with Crippen LogP contribution in [0.5, 0.6) is 0 Å². The number of amides is 1. The van der Waals surface area contributed by atoms with Gasteiger partial charge in [-0.2, -0.15) is 0 Å². The molecule has 1 aliphatic heterocycles. The number of rotatable bonds is 6. The number of carbonyl (C=O) groups excluding carboxylic acids is 3. The number of ether oxygens (including phenoxy) is 3. The van der Waals surface area contributed by atoms with Crippen molar-refractivity contribution in [2.75, 3.05) is 13.7 Å². The Bertz CT molecular complexity index is 510. The largest absolute Gasteiger partial charge is 0.467 e. The quantitative estimate of drug-likeness (QED) is 0.568. The monoisotopic (exact) mass is 344 g/mol. The first kappa shape index (κ1) is 19.7. The van der Waals surface area contributed by atoms with Crippen LogP contribution in [0.1, 0.15) is 40.5 Å². The van der Waals surface area contributed by atoms with Gasteiger partial charge in [0.15, 0.2) is 5.71 Å². The summed E-state index contributed by atoms with van der Waals surface area (Å²) in [6.07, 6.45) is -1.04. The van der Waals surface area contributed by atoms with E-state index in [4.69, 9.17) is 14.3 Å². The summed E-state index contributed by atoms with van der Waals surface area (Å²) < 4.78 is 14.6. The fraction of sp³-hybridized carbons (Fsp3) is 0.733. The molecule has 0 aromatic rings. The van der Waals surface area contributed by atoms with Gasteiger partial charge in [-0.3, -0.25) is 0 Å². The Labute approximate surface area is 140 Å². The molecule has 1 rings (SSSR count). The molecule has 1 N–H and O–H groups in total. The van der Waals surface area contributed by atoms with Gasteiger partial charge >= 0.3 is 18.0 Å². The molecule has 0 fully saturated rings. The van der Waals surface area contributed by atoms with Crippen molar-refractivity contribution >= 4 is 23.7 Å². The van der Waals surface area contributed by atoms with Crippen molar-refractivity contribution in [2.24, 2.45) is 5.16 Å². The highest BCUT2D eigenvalue weighted by Crippen LogP contribution is 2.18. The van der Waals surface area contributed by atoms with Crippen molar-refractivity contribution in [1.29, 1.82) is 0 Å². The molecule has 1 heterocycles. The normalized spacial score (nSPS) is 18.0. The van der Waals surface area contributed by atoms with Crippen LogP contribution in [0.2, 0.25) is 0 Å². The third-order valence-electron chi connectivity index (χ3n) is 2.92. The molecule has 0 radical (unpaired) electrons. The topological polar surface area (TPSA) is 113 Å². The summed E-state index contributed by atoms with van der Waals surface area (Å²) in [5, 5.41) is 6.10. The van der Waals surface area contributed by atoms with E-state index in [0.717, 1.165) is 0 Å². The molecule has 0 aromatic carbocycles. The highest BCUT2D eigenvalue weighted by Gasteiger charge is 2.33. The first-order chi connectivity index (χ1) is 11.2. The highest BCUT2D eigenvalue weighted by molar-refractivity contribution is 6.36. The molecule has 1 amide bonds. The third-order valence-corrected chi connectivity index (χ3v) is 2.92. The molecule has 136 valence electrons. The first-order valence-electron chi connectivity index (χ1n) is 7.63. The molecule has 0 spiro atoms. The van der Waals surface area contributed by atoms with Crippen molar-refractivity contribution in [2.45, 2.75) is 58.3 Å². The van der Waals surface area contributed by atoms with Gasteiger partial charge in [0.05, 0.1) is 13.7 Å². The molecule has 0 aliphatic carbocycles. The van der Waals surface area contributed by atoms with E-state index < -0.39 is 35.8 Å². The van der Waals surface area contributed by atoms with Crippen LogP contribution in [0.25, 0.3) is 0 Å². The summed E-state index contributed by atoms with van der Waals surface area (Å²) in [5.41, 5.74) is -0.558. The summed E-state index contributed by atoms with van der Waals surface area (Å²) in [6, 6.07) is -0.980. The van der Waals surface area contributed by atoms with Crippen LogP contribution in [0, 0.1) is 0 Å². The van der Waals surface area contributed by atoms with Crippen LogP contribution in [0.15, 0.2) is 5.16 Å². The Kier molecular flexibility index (Phi) is 6.99. The van der Waals surface area contributed by atoms with E-state index in [0.29, 0.717) is 0 Å². The number of hydrogen-bond donors (Lipinski definition) is 1. The van der Waals surface area contributed by atoms with Crippen molar-refractivity contribution in [3.63, 3.8) is 0 Å². The number of nitrogens with zero attached hydrogens (tertiary/aromatic N) is 1. The van der Waals surface area contributed by atoms with E-state index in [2.05, 4.69) is 15.2 Å². The lowest BCUT2D eigenvalue weighted by Crippen LogP contribution is -2.45. The van der Waals surface area contributed by atoms with E-state index in [1.54, 1.807) is 27.7 Å². The van der Waals surface area contributed by atoms with Crippen molar-refractivity contribution in [3.8, 4) is 0 Å². The average Bonchev–Trinajstić information content (AvgIpc) is 2.92. The lowest BCUT2D eigenvalue weighted by Gasteiger charge is -2.23. The smallest absolute Gasteiger partial charge is 0.408 e. The number of alkyl carbamates (subject to hydrolysis) is 1. The van der Waals surface area contributed by atoms with Crippen LogP contribution >= 0.6 is 0 Å². The summed E-state index contributed by atoms with van der Waals surface area (Å²) >= 11 is 0. The van der Waals surface area contributed by atoms with Gasteiger partial charge in [-0.05, 0) is 27.7 Å². The van der Waals surface area contributed by atoms with E-state index >= 15 is 0 Å².